The standard InChI is InChI=1S/C19H23NO6/c1-11(2)7-17(21)20-15(19(23)25-4)8-12-9-18(22)26-16-10-13(24-3)5-6-14(12)16/h5-6,9-11,15H,7-8H2,1-4H3,(H,20,21)/t15-/m0/s1. The van der Waals surface area contributed by atoms with Crippen LogP contribution in [0.25, 0.3) is 11.0 Å². The van der Waals surface area contributed by atoms with Crippen LogP contribution in [0.4, 0.5) is 0 Å². The summed E-state index contributed by atoms with van der Waals surface area (Å²) in [6.07, 6.45) is 0.410. The second-order valence-electron chi connectivity index (χ2n) is 6.40. The van der Waals surface area contributed by atoms with E-state index in [0.29, 0.717) is 28.7 Å². The van der Waals surface area contributed by atoms with E-state index in [-0.39, 0.29) is 18.2 Å². The number of amides is 1. The Morgan fingerprint density at radius 2 is 1.92 bits per heavy atom. The van der Waals surface area contributed by atoms with Crippen molar-refractivity contribution < 1.29 is 23.5 Å². The Morgan fingerprint density at radius 3 is 2.54 bits per heavy atom. The Kier molecular flexibility index (Phi) is 6.38. The summed E-state index contributed by atoms with van der Waals surface area (Å²) < 4.78 is 15.1. The number of nitrogens with one attached hydrogen (secondary N) is 1. The van der Waals surface area contributed by atoms with Gasteiger partial charge in [0.25, 0.3) is 0 Å². The second-order valence-corrected chi connectivity index (χ2v) is 6.40. The molecule has 1 amide bonds. The number of fused-ring (bicyclic) bond motifs is 1. The molecule has 7 nitrogen and oxygen atoms in total. The van der Waals surface area contributed by atoms with Gasteiger partial charge in [-0.2, -0.15) is 0 Å². The smallest absolute Gasteiger partial charge is 0.336 e. The summed E-state index contributed by atoms with van der Waals surface area (Å²) in [5.41, 5.74) is 0.390. The van der Waals surface area contributed by atoms with Crippen molar-refractivity contribution in [2.24, 2.45) is 5.92 Å². The number of carbonyl (C=O) groups is 2. The van der Waals surface area contributed by atoms with Crippen LogP contribution in [-0.2, 0) is 20.7 Å². The lowest BCUT2D eigenvalue weighted by molar-refractivity contribution is -0.145. The van der Waals surface area contributed by atoms with Gasteiger partial charge in [-0.3, -0.25) is 4.79 Å². The van der Waals surface area contributed by atoms with Gasteiger partial charge in [-0.05, 0) is 23.6 Å². The van der Waals surface area contributed by atoms with Crippen molar-refractivity contribution in [3.05, 3.63) is 40.2 Å². The topological polar surface area (TPSA) is 94.8 Å². The van der Waals surface area contributed by atoms with Crippen LogP contribution in [0.5, 0.6) is 5.75 Å². The van der Waals surface area contributed by atoms with Gasteiger partial charge >= 0.3 is 11.6 Å². The van der Waals surface area contributed by atoms with Gasteiger partial charge in [0.05, 0.1) is 14.2 Å². The maximum atomic E-state index is 12.1. The van der Waals surface area contributed by atoms with Gasteiger partial charge in [-0.25, -0.2) is 9.59 Å². The average molecular weight is 361 g/mol. The molecule has 0 unspecified atom stereocenters. The van der Waals surface area contributed by atoms with Crippen molar-refractivity contribution in [2.75, 3.05) is 14.2 Å². The Balaban J connectivity index is 2.36. The molecule has 26 heavy (non-hydrogen) atoms. The first-order chi connectivity index (χ1) is 12.3. The fourth-order valence-corrected chi connectivity index (χ4v) is 2.69. The van der Waals surface area contributed by atoms with E-state index in [1.165, 1.54) is 20.3 Å². The van der Waals surface area contributed by atoms with Crippen LogP contribution < -0.4 is 15.7 Å². The Hall–Kier alpha value is -2.83. The Labute approximate surface area is 151 Å². The SMILES string of the molecule is COC(=O)[C@H](Cc1cc(=O)oc2cc(OC)ccc12)NC(=O)CC(C)C. The molecule has 0 aliphatic rings. The molecule has 0 aliphatic carbocycles. The molecule has 1 heterocycles. The van der Waals surface area contributed by atoms with Crippen molar-refractivity contribution in [3.63, 3.8) is 0 Å². The molecule has 0 fully saturated rings. The van der Waals surface area contributed by atoms with Gasteiger partial charge < -0.3 is 19.2 Å². The minimum absolute atomic E-state index is 0.116. The molecule has 0 radical (unpaired) electrons. The van der Waals surface area contributed by atoms with Crippen LogP contribution in [0.1, 0.15) is 25.8 Å². The number of carbonyl (C=O) groups excluding carboxylic acids is 2. The molecule has 2 aromatic rings. The molecule has 0 spiro atoms. The van der Waals surface area contributed by atoms with Gasteiger partial charge in [-0.15, -0.1) is 0 Å². The van der Waals surface area contributed by atoms with Crippen molar-refractivity contribution >= 4 is 22.8 Å². The predicted octanol–water partition coefficient (Wildman–Crippen LogP) is 2.05. The lowest BCUT2D eigenvalue weighted by Gasteiger charge is -2.18. The highest BCUT2D eigenvalue weighted by atomic mass is 16.5. The van der Waals surface area contributed by atoms with Crippen molar-refractivity contribution in [3.8, 4) is 5.75 Å². The monoisotopic (exact) mass is 361 g/mol. The third kappa shape index (κ3) is 4.84. The molecule has 1 atom stereocenters. The zero-order valence-electron chi connectivity index (χ0n) is 15.3. The van der Waals surface area contributed by atoms with E-state index in [1.54, 1.807) is 18.2 Å². The zero-order valence-corrected chi connectivity index (χ0v) is 15.3. The summed E-state index contributed by atoms with van der Waals surface area (Å²) in [5.74, 6) is -0.112. The van der Waals surface area contributed by atoms with Gasteiger partial charge in [0, 0.05) is 30.4 Å². The van der Waals surface area contributed by atoms with Gasteiger partial charge in [-0.1, -0.05) is 13.8 Å². The third-order valence-electron chi connectivity index (χ3n) is 3.88. The first kappa shape index (κ1) is 19.5. The highest BCUT2D eigenvalue weighted by Crippen LogP contribution is 2.23. The summed E-state index contributed by atoms with van der Waals surface area (Å²) in [5, 5.41) is 3.35. The lowest BCUT2D eigenvalue weighted by Crippen LogP contribution is -2.43. The summed E-state index contributed by atoms with van der Waals surface area (Å²) in [6.45, 7) is 3.83. The maximum absolute atomic E-state index is 12.1. The molecule has 1 N–H and O–H groups in total. The van der Waals surface area contributed by atoms with Crippen molar-refractivity contribution in [1.82, 2.24) is 5.32 Å². The summed E-state index contributed by atoms with van der Waals surface area (Å²) in [4.78, 5) is 36.1. The van der Waals surface area contributed by atoms with Gasteiger partial charge in [0.15, 0.2) is 0 Å². The van der Waals surface area contributed by atoms with Crippen LogP contribution >= 0.6 is 0 Å². The minimum Gasteiger partial charge on any atom is -0.497 e. The number of hydrogen-bond donors (Lipinski definition) is 1. The van der Waals surface area contributed by atoms with Gasteiger partial charge in [0.2, 0.25) is 5.91 Å². The molecule has 7 heteroatoms. The van der Waals surface area contributed by atoms with E-state index in [4.69, 9.17) is 13.9 Å². The number of benzene rings is 1. The van der Waals surface area contributed by atoms with Crippen LogP contribution in [-0.4, -0.2) is 32.1 Å². The fraction of sp³-hybridized carbons (Fsp3) is 0.421. The summed E-state index contributed by atoms with van der Waals surface area (Å²) in [6, 6.07) is 5.51. The van der Waals surface area contributed by atoms with E-state index < -0.39 is 17.6 Å². The molecule has 140 valence electrons. The van der Waals surface area contributed by atoms with Gasteiger partial charge in [0.1, 0.15) is 17.4 Å². The summed E-state index contributed by atoms with van der Waals surface area (Å²) >= 11 is 0. The molecule has 1 aromatic carbocycles. The maximum Gasteiger partial charge on any atom is 0.336 e. The third-order valence-corrected chi connectivity index (χ3v) is 3.88. The van der Waals surface area contributed by atoms with E-state index >= 15 is 0 Å². The van der Waals surface area contributed by atoms with Crippen molar-refractivity contribution in [2.45, 2.75) is 32.7 Å². The fourth-order valence-electron chi connectivity index (χ4n) is 2.69. The van der Waals surface area contributed by atoms with Crippen LogP contribution in [0.2, 0.25) is 0 Å². The lowest BCUT2D eigenvalue weighted by atomic mass is 10.0. The molecular formula is C19H23NO6. The quantitative estimate of drug-likeness (QED) is 0.599. The largest absolute Gasteiger partial charge is 0.497 e. The second kappa shape index (κ2) is 8.51. The molecule has 0 bridgehead atoms. The van der Waals surface area contributed by atoms with Crippen LogP contribution in [0, 0.1) is 5.92 Å². The van der Waals surface area contributed by atoms with Crippen LogP contribution in [0.3, 0.4) is 0 Å². The first-order valence-corrected chi connectivity index (χ1v) is 8.32. The molecule has 0 aliphatic heterocycles. The number of methoxy groups -OCH3 is 2. The first-order valence-electron chi connectivity index (χ1n) is 8.32. The Morgan fingerprint density at radius 1 is 1.19 bits per heavy atom. The molecule has 2 rings (SSSR count). The average Bonchev–Trinajstić information content (AvgIpc) is 2.58. The highest BCUT2D eigenvalue weighted by Gasteiger charge is 2.24. The summed E-state index contributed by atoms with van der Waals surface area (Å²) in [7, 11) is 2.77. The number of esters is 1. The number of ether oxygens (including phenoxy) is 2. The predicted molar refractivity (Wildman–Crippen MR) is 96.1 cm³/mol. The van der Waals surface area contributed by atoms with Crippen molar-refractivity contribution in [1.29, 1.82) is 0 Å². The van der Waals surface area contributed by atoms with E-state index in [2.05, 4.69) is 5.32 Å². The van der Waals surface area contributed by atoms with Crippen LogP contribution in [0.15, 0.2) is 33.5 Å². The van der Waals surface area contributed by atoms with E-state index in [0.717, 1.165) is 0 Å². The zero-order chi connectivity index (χ0) is 19.3. The van der Waals surface area contributed by atoms with E-state index in [9.17, 15) is 14.4 Å². The highest BCUT2D eigenvalue weighted by molar-refractivity contribution is 5.86. The normalized spacial score (nSPS) is 12.0. The number of rotatable bonds is 7. The molecule has 0 saturated carbocycles. The Bertz CT molecular complexity index is 855. The van der Waals surface area contributed by atoms with E-state index in [1.807, 2.05) is 13.8 Å². The number of hydrogen-bond acceptors (Lipinski definition) is 6. The molecular weight excluding hydrogens is 338 g/mol. The molecule has 1 aromatic heterocycles. The molecule has 0 saturated heterocycles. The minimum atomic E-state index is -0.890.